The number of nitrogens with one attached hydrogen (secondary N) is 1. The van der Waals surface area contributed by atoms with Crippen molar-refractivity contribution in [1.29, 1.82) is 0 Å². The number of rotatable bonds is 7. The number of aromatic nitrogens is 2. The molecule has 1 N–H and O–H groups in total. The highest BCUT2D eigenvalue weighted by atomic mass is 32.2. The van der Waals surface area contributed by atoms with Crippen molar-refractivity contribution in [2.45, 2.75) is 24.3 Å². The molecular formula is C19H19N3O2S. The van der Waals surface area contributed by atoms with E-state index in [-0.39, 0.29) is 5.91 Å². The first kappa shape index (κ1) is 17.2. The molecule has 1 aromatic carbocycles. The molecule has 0 atom stereocenters. The van der Waals surface area contributed by atoms with E-state index in [4.69, 9.17) is 4.42 Å². The molecule has 0 unspecified atom stereocenters. The lowest BCUT2D eigenvalue weighted by atomic mass is 10.1. The fraction of sp³-hybridized carbons (Fsp3) is 0.211. The Kier molecular flexibility index (Phi) is 5.85. The molecule has 3 rings (SSSR count). The number of hydrogen-bond donors (Lipinski definition) is 1. The average Bonchev–Trinajstić information content (AvgIpc) is 3.20. The summed E-state index contributed by atoms with van der Waals surface area (Å²) < 4.78 is 5.37. The van der Waals surface area contributed by atoms with Crippen molar-refractivity contribution in [3.63, 3.8) is 0 Å². The summed E-state index contributed by atoms with van der Waals surface area (Å²) in [6, 6.07) is 11.9. The minimum absolute atomic E-state index is 0.00927. The van der Waals surface area contributed by atoms with Crippen molar-refractivity contribution >= 4 is 17.7 Å². The molecule has 2 aromatic heterocycles. The number of amides is 1. The minimum Gasteiger partial charge on any atom is -0.463 e. The molecule has 0 aliphatic carbocycles. The van der Waals surface area contributed by atoms with Crippen molar-refractivity contribution in [2.24, 2.45) is 0 Å². The van der Waals surface area contributed by atoms with Crippen LogP contribution in [0, 0.1) is 0 Å². The number of benzene rings is 1. The van der Waals surface area contributed by atoms with Gasteiger partial charge in [0.25, 0.3) is 0 Å². The van der Waals surface area contributed by atoms with Crippen LogP contribution in [0.25, 0.3) is 11.5 Å². The Balaban J connectivity index is 1.54. The summed E-state index contributed by atoms with van der Waals surface area (Å²) in [7, 11) is 0. The van der Waals surface area contributed by atoms with E-state index in [2.05, 4.69) is 39.6 Å². The highest BCUT2D eigenvalue weighted by Gasteiger charge is 2.11. The molecule has 0 aliphatic heterocycles. The zero-order valence-electron chi connectivity index (χ0n) is 13.9. The second kappa shape index (κ2) is 8.48. The number of aryl methyl sites for hydroxylation is 1. The van der Waals surface area contributed by atoms with Gasteiger partial charge in [-0.05, 0) is 42.5 Å². The van der Waals surface area contributed by atoms with E-state index in [0.717, 1.165) is 5.56 Å². The third-order valence-electron chi connectivity index (χ3n) is 3.78. The highest BCUT2D eigenvalue weighted by Crippen LogP contribution is 2.20. The van der Waals surface area contributed by atoms with E-state index in [1.807, 2.05) is 12.3 Å². The van der Waals surface area contributed by atoms with Gasteiger partial charge in [-0.2, -0.15) is 0 Å². The number of carbonyl (C=O) groups is 1. The number of carbonyl (C=O) groups excluding carboxylic acids is 1. The Labute approximate surface area is 150 Å². The normalized spacial score (nSPS) is 10.6. The van der Waals surface area contributed by atoms with Gasteiger partial charge in [0.05, 0.1) is 18.5 Å². The molecule has 0 saturated carbocycles. The first-order valence-electron chi connectivity index (χ1n) is 7.99. The smallest absolute Gasteiger partial charge is 0.220 e. The minimum atomic E-state index is -0.00927. The molecule has 6 heteroatoms. The standard InChI is InChI=1S/C19H19N3O2S/c1-25-15-7-4-14(5-8-15)6-9-18(23)22-13-16-19(21-11-10-20-16)17-3-2-12-24-17/h2-5,7-8,10-12H,6,9,13H2,1H3,(H,22,23). The molecule has 2 heterocycles. The first-order chi connectivity index (χ1) is 12.3. The van der Waals surface area contributed by atoms with Gasteiger partial charge in [0.2, 0.25) is 5.91 Å². The molecule has 0 aliphatic rings. The Morgan fingerprint density at radius 2 is 1.96 bits per heavy atom. The third kappa shape index (κ3) is 4.70. The van der Waals surface area contributed by atoms with Crippen LogP contribution in [0.4, 0.5) is 0 Å². The molecule has 0 bridgehead atoms. The van der Waals surface area contributed by atoms with Gasteiger partial charge in [-0.25, -0.2) is 4.98 Å². The lowest BCUT2D eigenvalue weighted by molar-refractivity contribution is -0.121. The maximum absolute atomic E-state index is 12.1. The third-order valence-corrected chi connectivity index (χ3v) is 4.52. The summed E-state index contributed by atoms with van der Waals surface area (Å²) in [4.78, 5) is 22.0. The lowest BCUT2D eigenvalue weighted by Gasteiger charge is -2.08. The van der Waals surface area contributed by atoms with Crippen molar-refractivity contribution in [3.8, 4) is 11.5 Å². The van der Waals surface area contributed by atoms with E-state index in [9.17, 15) is 4.79 Å². The fourth-order valence-electron chi connectivity index (χ4n) is 2.44. The molecule has 25 heavy (non-hydrogen) atoms. The van der Waals surface area contributed by atoms with E-state index in [1.54, 1.807) is 36.5 Å². The molecular weight excluding hydrogens is 334 g/mol. The SMILES string of the molecule is CSc1ccc(CCC(=O)NCc2nccnc2-c2ccco2)cc1. The Morgan fingerprint density at radius 3 is 2.68 bits per heavy atom. The van der Waals surface area contributed by atoms with Gasteiger partial charge in [0.1, 0.15) is 5.69 Å². The molecule has 0 radical (unpaired) electrons. The monoisotopic (exact) mass is 353 g/mol. The second-order valence-electron chi connectivity index (χ2n) is 5.45. The van der Waals surface area contributed by atoms with E-state index in [1.165, 1.54) is 4.90 Å². The van der Waals surface area contributed by atoms with Crippen LogP contribution < -0.4 is 5.32 Å². The van der Waals surface area contributed by atoms with Crippen LogP contribution in [0.2, 0.25) is 0 Å². The maximum atomic E-state index is 12.1. The van der Waals surface area contributed by atoms with Gasteiger partial charge in [-0.3, -0.25) is 9.78 Å². The molecule has 1 amide bonds. The summed E-state index contributed by atoms with van der Waals surface area (Å²) in [6.45, 7) is 0.327. The second-order valence-corrected chi connectivity index (χ2v) is 6.33. The van der Waals surface area contributed by atoms with Crippen LogP contribution >= 0.6 is 11.8 Å². The van der Waals surface area contributed by atoms with Crippen LogP contribution in [-0.4, -0.2) is 22.1 Å². The van der Waals surface area contributed by atoms with Gasteiger partial charge in [0.15, 0.2) is 5.76 Å². The van der Waals surface area contributed by atoms with Crippen LogP contribution in [0.3, 0.4) is 0 Å². The number of furan rings is 1. The summed E-state index contributed by atoms with van der Waals surface area (Å²) in [6.07, 6.45) is 8.02. The Hall–Kier alpha value is -2.60. The molecule has 128 valence electrons. The van der Waals surface area contributed by atoms with Crippen molar-refractivity contribution in [3.05, 3.63) is 66.3 Å². The van der Waals surface area contributed by atoms with Crippen molar-refractivity contribution in [1.82, 2.24) is 15.3 Å². The highest BCUT2D eigenvalue weighted by molar-refractivity contribution is 7.98. The van der Waals surface area contributed by atoms with E-state index >= 15 is 0 Å². The largest absolute Gasteiger partial charge is 0.463 e. The number of nitrogens with zero attached hydrogens (tertiary/aromatic N) is 2. The van der Waals surface area contributed by atoms with Gasteiger partial charge in [-0.1, -0.05) is 12.1 Å². The fourth-order valence-corrected chi connectivity index (χ4v) is 2.84. The molecule has 0 saturated heterocycles. The van der Waals surface area contributed by atoms with Crippen LogP contribution in [0.15, 0.2) is 64.4 Å². The predicted molar refractivity (Wildman–Crippen MR) is 98.1 cm³/mol. The predicted octanol–water partition coefficient (Wildman–Crippen LogP) is 3.71. The zero-order valence-corrected chi connectivity index (χ0v) is 14.8. The lowest BCUT2D eigenvalue weighted by Crippen LogP contribution is -2.24. The van der Waals surface area contributed by atoms with Gasteiger partial charge in [0, 0.05) is 23.7 Å². The van der Waals surface area contributed by atoms with Crippen LogP contribution in [0.1, 0.15) is 17.7 Å². The zero-order chi connectivity index (χ0) is 17.5. The molecule has 0 spiro atoms. The number of thioether (sulfide) groups is 1. The average molecular weight is 353 g/mol. The van der Waals surface area contributed by atoms with Crippen molar-refractivity contribution in [2.75, 3.05) is 6.26 Å². The van der Waals surface area contributed by atoms with E-state index < -0.39 is 0 Å². The van der Waals surface area contributed by atoms with Crippen LogP contribution in [0.5, 0.6) is 0 Å². The summed E-state index contributed by atoms with van der Waals surface area (Å²) in [5.41, 5.74) is 2.50. The van der Waals surface area contributed by atoms with Gasteiger partial charge >= 0.3 is 0 Å². The molecule has 5 nitrogen and oxygen atoms in total. The summed E-state index contributed by atoms with van der Waals surface area (Å²) in [5, 5.41) is 2.91. The molecule has 0 fully saturated rings. The van der Waals surface area contributed by atoms with Gasteiger partial charge < -0.3 is 9.73 Å². The molecule has 3 aromatic rings. The Morgan fingerprint density at radius 1 is 1.16 bits per heavy atom. The summed E-state index contributed by atoms with van der Waals surface area (Å²) in [5.74, 6) is 0.635. The maximum Gasteiger partial charge on any atom is 0.220 e. The van der Waals surface area contributed by atoms with Gasteiger partial charge in [-0.15, -0.1) is 11.8 Å². The summed E-state index contributed by atoms with van der Waals surface area (Å²) >= 11 is 1.71. The topological polar surface area (TPSA) is 68.0 Å². The quantitative estimate of drug-likeness (QED) is 0.656. The Bertz CT molecular complexity index is 817. The van der Waals surface area contributed by atoms with Crippen molar-refractivity contribution < 1.29 is 9.21 Å². The van der Waals surface area contributed by atoms with Crippen LogP contribution in [-0.2, 0) is 17.8 Å². The first-order valence-corrected chi connectivity index (χ1v) is 9.22. The van der Waals surface area contributed by atoms with E-state index in [0.29, 0.717) is 36.5 Å². The number of hydrogen-bond acceptors (Lipinski definition) is 5.